The molecule has 1 aromatic rings. The largest absolute Gasteiger partial charge is 0.507 e. The van der Waals surface area contributed by atoms with Gasteiger partial charge < -0.3 is 14.3 Å². The van der Waals surface area contributed by atoms with Gasteiger partial charge in [-0.05, 0) is 13.8 Å². The minimum Gasteiger partial charge on any atom is -0.507 e. The van der Waals surface area contributed by atoms with Crippen molar-refractivity contribution in [3.63, 3.8) is 0 Å². The molecule has 76 valence electrons. The Morgan fingerprint density at radius 2 is 2.29 bits per heavy atom. The second kappa shape index (κ2) is 3.95. The normalized spacial score (nSPS) is 9.86. The Hall–Kier alpha value is -1.78. The van der Waals surface area contributed by atoms with E-state index in [1.54, 1.807) is 6.92 Å². The van der Waals surface area contributed by atoms with Crippen LogP contribution in [0.2, 0.25) is 0 Å². The van der Waals surface area contributed by atoms with Crippen LogP contribution in [0.15, 0.2) is 15.3 Å². The van der Waals surface area contributed by atoms with Gasteiger partial charge in [-0.1, -0.05) is 0 Å². The van der Waals surface area contributed by atoms with Crippen molar-refractivity contribution in [1.82, 2.24) is 0 Å². The first-order chi connectivity index (χ1) is 6.56. The van der Waals surface area contributed by atoms with Crippen LogP contribution in [0.25, 0.3) is 0 Å². The smallest absolute Gasteiger partial charge is 0.345 e. The van der Waals surface area contributed by atoms with Gasteiger partial charge in [0.25, 0.3) is 0 Å². The Balaban J connectivity index is 3.21. The first-order valence-corrected chi connectivity index (χ1v) is 4.07. The number of aromatic hydroxyl groups is 1. The third-order valence-corrected chi connectivity index (χ3v) is 1.60. The van der Waals surface area contributed by atoms with Crippen LogP contribution in [0.3, 0.4) is 0 Å². The summed E-state index contributed by atoms with van der Waals surface area (Å²) in [6.45, 7) is 3.24. The molecule has 0 aliphatic heterocycles. The summed E-state index contributed by atoms with van der Waals surface area (Å²) in [7, 11) is 0. The van der Waals surface area contributed by atoms with Crippen LogP contribution in [-0.4, -0.2) is 17.7 Å². The summed E-state index contributed by atoms with van der Waals surface area (Å²) in [5.41, 5.74) is -0.806. The maximum Gasteiger partial charge on any atom is 0.345 e. The molecular formula is C9H10O5. The predicted molar refractivity (Wildman–Crippen MR) is 47.3 cm³/mol. The molecule has 0 unspecified atom stereocenters. The molecule has 0 atom stereocenters. The number of carbonyl (C=O) groups is 1. The molecule has 14 heavy (non-hydrogen) atoms. The number of carbonyl (C=O) groups excluding carboxylic acids is 1. The standard InChI is InChI=1S/C9H10O5/c1-3-13-9(12)8-5(2)14-7(11)4-6(8)10/h4,10H,3H2,1-2H3. The van der Waals surface area contributed by atoms with Crippen molar-refractivity contribution in [3.05, 3.63) is 27.8 Å². The molecule has 1 aromatic heterocycles. The number of aryl methyl sites for hydroxylation is 1. The molecule has 0 saturated carbocycles. The van der Waals surface area contributed by atoms with Gasteiger partial charge in [0.05, 0.1) is 12.7 Å². The summed E-state index contributed by atoms with van der Waals surface area (Å²) in [5.74, 6) is -1.07. The number of rotatable bonds is 2. The molecule has 1 N–H and O–H groups in total. The van der Waals surface area contributed by atoms with Crippen molar-refractivity contribution < 1.29 is 19.1 Å². The number of ether oxygens (including phenoxy) is 1. The molecule has 1 rings (SSSR count). The topological polar surface area (TPSA) is 76.7 Å². The third kappa shape index (κ3) is 1.93. The van der Waals surface area contributed by atoms with E-state index in [0.29, 0.717) is 0 Å². The van der Waals surface area contributed by atoms with Crippen molar-refractivity contribution in [2.45, 2.75) is 13.8 Å². The Kier molecular flexibility index (Phi) is 2.91. The molecule has 0 aliphatic rings. The van der Waals surface area contributed by atoms with Crippen molar-refractivity contribution in [1.29, 1.82) is 0 Å². The molecule has 0 spiro atoms. The highest BCUT2D eigenvalue weighted by molar-refractivity contribution is 5.93. The number of hydrogen-bond donors (Lipinski definition) is 1. The minimum atomic E-state index is -0.703. The predicted octanol–water partition coefficient (Wildman–Crippen LogP) is 0.831. The van der Waals surface area contributed by atoms with Gasteiger partial charge in [-0.25, -0.2) is 9.59 Å². The van der Waals surface area contributed by atoms with Crippen LogP contribution >= 0.6 is 0 Å². The number of esters is 1. The molecule has 5 heteroatoms. The maximum atomic E-state index is 11.3. The summed E-state index contributed by atoms with van der Waals surface area (Å²) in [4.78, 5) is 22.0. The van der Waals surface area contributed by atoms with Gasteiger partial charge in [0.2, 0.25) is 0 Å². The SMILES string of the molecule is CCOC(=O)c1c(O)cc(=O)oc1C. The monoisotopic (exact) mass is 198 g/mol. The summed E-state index contributed by atoms with van der Waals surface area (Å²) in [5, 5.41) is 9.31. The van der Waals surface area contributed by atoms with E-state index < -0.39 is 17.3 Å². The average molecular weight is 198 g/mol. The first kappa shape index (κ1) is 10.3. The zero-order valence-corrected chi connectivity index (χ0v) is 7.86. The van der Waals surface area contributed by atoms with Gasteiger partial charge in [0.15, 0.2) is 0 Å². The maximum absolute atomic E-state index is 11.3. The zero-order valence-electron chi connectivity index (χ0n) is 7.86. The van der Waals surface area contributed by atoms with Gasteiger partial charge in [0.1, 0.15) is 17.1 Å². The van der Waals surface area contributed by atoms with Gasteiger partial charge in [-0.2, -0.15) is 0 Å². The minimum absolute atomic E-state index is 0.0495. The second-order valence-electron chi connectivity index (χ2n) is 2.60. The van der Waals surface area contributed by atoms with E-state index in [1.165, 1.54) is 6.92 Å². The fourth-order valence-electron chi connectivity index (χ4n) is 1.05. The molecule has 0 aliphatic carbocycles. The van der Waals surface area contributed by atoms with Crippen molar-refractivity contribution in [3.8, 4) is 5.75 Å². The molecule has 0 aromatic carbocycles. The molecule has 1 heterocycles. The molecule has 0 radical (unpaired) electrons. The summed E-state index contributed by atoms with van der Waals surface area (Å²) in [6.07, 6.45) is 0. The van der Waals surface area contributed by atoms with Crippen molar-refractivity contribution >= 4 is 5.97 Å². The fourth-order valence-corrected chi connectivity index (χ4v) is 1.05. The lowest BCUT2D eigenvalue weighted by molar-refractivity contribution is 0.0518. The van der Waals surface area contributed by atoms with Gasteiger partial charge in [-0.3, -0.25) is 0 Å². The summed E-state index contributed by atoms with van der Waals surface area (Å²) >= 11 is 0. The van der Waals surface area contributed by atoms with Crippen LogP contribution in [0.4, 0.5) is 0 Å². The summed E-state index contributed by atoms with van der Waals surface area (Å²) < 4.78 is 9.31. The molecule has 0 fully saturated rings. The highest BCUT2D eigenvalue weighted by atomic mass is 16.5. The molecule has 0 saturated heterocycles. The highest BCUT2D eigenvalue weighted by Crippen LogP contribution is 2.18. The Morgan fingerprint density at radius 1 is 1.64 bits per heavy atom. The van der Waals surface area contributed by atoms with Crippen LogP contribution in [0, 0.1) is 6.92 Å². The van der Waals surface area contributed by atoms with E-state index in [9.17, 15) is 14.7 Å². The average Bonchev–Trinajstić information content (AvgIpc) is 2.01. The molecule has 5 nitrogen and oxygen atoms in total. The van der Waals surface area contributed by atoms with Crippen LogP contribution in [0.1, 0.15) is 23.0 Å². The Labute approximate surface area is 79.9 Å². The van der Waals surface area contributed by atoms with E-state index in [-0.39, 0.29) is 17.9 Å². The molecule has 0 bridgehead atoms. The van der Waals surface area contributed by atoms with E-state index in [4.69, 9.17) is 0 Å². The van der Waals surface area contributed by atoms with Gasteiger partial charge in [0, 0.05) is 0 Å². The Bertz CT molecular complexity index is 378. The highest BCUT2D eigenvalue weighted by Gasteiger charge is 2.18. The lowest BCUT2D eigenvalue weighted by atomic mass is 10.2. The van der Waals surface area contributed by atoms with E-state index >= 15 is 0 Å². The lowest BCUT2D eigenvalue weighted by Crippen LogP contribution is -2.10. The van der Waals surface area contributed by atoms with E-state index in [0.717, 1.165) is 6.07 Å². The molecular weight excluding hydrogens is 188 g/mol. The first-order valence-electron chi connectivity index (χ1n) is 4.07. The van der Waals surface area contributed by atoms with Crippen molar-refractivity contribution in [2.24, 2.45) is 0 Å². The van der Waals surface area contributed by atoms with Crippen LogP contribution < -0.4 is 5.63 Å². The molecule has 0 amide bonds. The van der Waals surface area contributed by atoms with E-state index in [2.05, 4.69) is 9.15 Å². The lowest BCUT2D eigenvalue weighted by Gasteiger charge is -2.04. The second-order valence-corrected chi connectivity index (χ2v) is 2.60. The summed E-state index contributed by atoms with van der Waals surface area (Å²) in [6, 6.07) is 0.833. The Morgan fingerprint density at radius 3 is 2.79 bits per heavy atom. The van der Waals surface area contributed by atoms with Gasteiger partial charge >= 0.3 is 11.6 Å². The van der Waals surface area contributed by atoms with Gasteiger partial charge in [-0.15, -0.1) is 0 Å². The number of hydrogen-bond acceptors (Lipinski definition) is 5. The van der Waals surface area contributed by atoms with Crippen molar-refractivity contribution in [2.75, 3.05) is 6.61 Å². The zero-order chi connectivity index (χ0) is 10.7. The van der Waals surface area contributed by atoms with E-state index in [1.807, 2.05) is 0 Å². The van der Waals surface area contributed by atoms with Crippen LogP contribution in [0.5, 0.6) is 5.75 Å². The third-order valence-electron chi connectivity index (χ3n) is 1.60. The quantitative estimate of drug-likeness (QED) is 0.712. The van der Waals surface area contributed by atoms with Crippen LogP contribution in [-0.2, 0) is 4.74 Å². The fraction of sp³-hybridized carbons (Fsp3) is 0.333.